The summed E-state index contributed by atoms with van der Waals surface area (Å²) in [6, 6.07) is 20.8. The predicted octanol–water partition coefficient (Wildman–Crippen LogP) is 3.10. The lowest BCUT2D eigenvalue weighted by Gasteiger charge is -2.02. The Labute approximate surface area is 138 Å². The van der Waals surface area contributed by atoms with Crippen molar-refractivity contribution in [2.75, 3.05) is 0 Å². The van der Waals surface area contributed by atoms with Crippen molar-refractivity contribution < 1.29 is 9.59 Å². The van der Waals surface area contributed by atoms with Crippen LogP contribution < -0.4 is 5.43 Å². The Balaban J connectivity index is 1.61. The van der Waals surface area contributed by atoms with E-state index in [1.807, 2.05) is 60.7 Å². The SMILES string of the molecule is O=C(Cc1ccccc1)N/N=C1/C(=O)c2cccc3cccc1c23. The molecule has 3 aromatic rings. The highest BCUT2D eigenvalue weighted by atomic mass is 16.2. The van der Waals surface area contributed by atoms with Crippen molar-refractivity contribution >= 4 is 28.2 Å². The van der Waals surface area contributed by atoms with Gasteiger partial charge in [0.25, 0.3) is 0 Å². The number of carbonyl (C=O) groups excluding carboxylic acids is 2. The molecule has 24 heavy (non-hydrogen) atoms. The summed E-state index contributed by atoms with van der Waals surface area (Å²) in [5, 5.41) is 6.01. The van der Waals surface area contributed by atoms with Gasteiger partial charge in [-0.25, -0.2) is 5.43 Å². The Kier molecular flexibility index (Phi) is 3.43. The van der Waals surface area contributed by atoms with Crippen LogP contribution in [0.25, 0.3) is 10.8 Å². The summed E-state index contributed by atoms with van der Waals surface area (Å²) in [5.74, 6) is -0.397. The molecule has 1 aliphatic carbocycles. The van der Waals surface area contributed by atoms with Crippen molar-refractivity contribution in [3.63, 3.8) is 0 Å². The number of hydrogen-bond donors (Lipinski definition) is 1. The van der Waals surface area contributed by atoms with E-state index in [-0.39, 0.29) is 18.1 Å². The molecule has 4 nitrogen and oxygen atoms in total. The molecule has 116 valence electrons. The van der Waals surface area contributed by atoms with Crippen LogP contribution in [0.1, 0.15) is 21.5 Å². The maximum atomic E-state index is 12.6. The first-order valence-corrected chi connectivity index (χ1v) is 7.71. The van der Waals surface area contributed by atoms with E-state index in [2.05, 4.69) is 10.5 Å². The molecule has 0 saturated carbocycles. The first-order chi connectivity index (χ1) is 11.7. The van der Waals surface area contributed by atoms with Gasteiger partial charge in [0.05, 0.1) is 6.42 Å². The van der Waals surface area contributed by atoms with E-state index in [9.17, 15) is 9.59 Å². The number of hydrogen-bond acceptors (Lipinski definition) is 3. The summed E-state index contributed by atoms with van der Waals surface area (Å²) in [7, 11) is 0. The number of nitrogens with one attached hydrogen (secondary N) is 1. The second kappa shape index (κ2) is 5.74. The minimum Gasteiger partial charge on any atom is -0.287 e. The molecule has 1 amide bonds. The van der Waals surface area contributed by atoms with Crippen molar-refractivity contribution in [3.05, 3.63) is 83.4 Å². The summed E-state index contributed by atoms with van der Waals surface area (Å²) in [5.41, 5.74) is 5.11. The Bertz CT molecular complexity index is 986. The van der Waals surface area contributed by atoms with Crippen LogP contribution in [0.15, 0.2) is 71.8 Å². The first-order valence-electron chi connectivity index (χ1n) is 7.71. The summed E-state index contributed by atoms with van der Waals surface area (Å²) < 4.78 is 0. The number of ketones is 1. The molecule has 4 rings (SSSR count). The van der Waals surface area contributed by atoms with Gasteiger partial charge in [-0.2, -0.15) is 5.10 Å². The predicted molar refractivity (Wildman–Crippen MR) is 93.1 cm³/mol. The second-order valence-corrected chi connectivity index (χ2v) is 5.70. The fraction of sp³-hybridized carbons (Fsp3) is 0.0500. The molecule has 0 aliphatic heterocycles. The highest BCUT2D eigenvalue weighted by Gasteiger charge is 2.28. The molecular weight excluding hydrogens is 300 g/mol. The zero-order valence-electron chi connectivity index (χ0n) is 12.8. The summed E-state index contributed by atoms with van der Waals surface area (Å²) in [6.45, 7) is 0. The molecule has 1 aliphatic rings. The summed E-state index contributed by atoms with van der Waals surface area (Å²) >= 11 is 0. The van der Waals surface area contributed by atoms with Gasteiger partial charge in [-0.3, -0.25) is 9.59 Å². The van der Waals surface area contributed by atoms with E-state index in [0.29, 0.717) is 11.3 Å². The minimum atomic E-state index is -0.246. The van der Waals surface area contributed by atoms with Gasteiger partial charge < -0.3 is 0 Å². The van der Waals surface area contributed by atoms with Crippen LogP contribution >= 0.6 is 0 Å². The fourth-order valence-electron chi connectivity index (χ4n) is 3.03. The van der Waals surface area contributed by atoms with Crippen molar-refractivity contribution in [1.29, 1.82) is 0 Å². The fourth-order valence-corrected chi connectivity index (χ4v) is 3.03. The van der Waals surface area contributed by atoms with Crippen LogP contribution in [0.2, 0.25) is 0 Å². The lowest BCUT2D eigenvalue weighted by molar-refractivity contribution is -0.120. The Morgan fingerprint density at radius 2 is 1.58 bits per heavy atom. The van der Waals surface area contributed by atoms with Crippen molar-refractivity contribution in [1.82, 2.24) is 5.43 Å². The maximum Gasteiger partial charge on any atom is 0.244 e. The van der Waals surface area contributed by atoms with Gasteiger partial charge in [0.15, 0.2) is 0 Å². The number of Topliss-reactive ketones (excluding diaryl/α,β-unsaturated/α-hetero) is 1. The van der Waals surface area contributed by atoms with Gasteiger partial charge in [0.2, 0.25) is 11.7 Å². The first kappa shape index (κ1) is 14.3. The largest absolute Gasteiger partial charge is 0.287 e. The van der Waals surface area contributed by atoms with E-state index >= 15 is 0 Å². The topological polar surface area (TPSA) is 58.5 Å². The van der Waals surface area contributed by atoms with Gasteiger partial charge in [-0.15, -0.1) is 0 Å². The van der Waals surface area contributed by atoms with Gasteiger partial charge >= 0.3 is 0 Å². The molecule has 0 spiro atoms. The number of hydrazone groups is 1. The van der Waals surface area contributed by atoms with Crippen LogP contribution in [0.5, 0.6) is 0 Å². The van der Waals surface area contributed by atoms with Gasteiger partial charge in [-0.05, 0) is 10.9 Å². The number of nitrogens with zero attached hydrogens (tertiary/aromatic N) is 1. The summed E-state index contributed by atoms with van der Waals surface area (Å²) in [4.78, 5) is 24.6. The van der Waals surface area contributed by atoms with Gasteiger partial charge in [0.1, 0.15) is 5.71 Å². The Hall–Kier alpha value is -3.27. The molecule has 1 N–H and O–H groups in total. The third kappa shape index (κ3) is 2.38. The molecule has 4 heteroatoms. The van der Waals surface area contributed by atoms with Crippen molar-refractivity contribution in [3.8, 4) is 0 Å². The van der Waals surface area contributed by atoms with Crippen LogP contribution in [-0.4, -0.2) is 17.4 Å². The third-order valence-electron chi connectivity index (χ3n) is 4.12. The Morgan fingerprint density at radius 1 is 0.875 bits per heavy atom. The standard InChI is InChI=1S/C20H14N2O2/c23-17(12-13-6-2-1-3-7-13)21-22-19-15-10-4-8-14-9-5-11-16(18(14)15)20(19)24/h1-11H,12H2,(H,21,23)/b22-19+. The van der Waals surface area contributed by atoms with E-state index < -0.39 is 0 Å². The van der Waals surface area contributed by atoms with Crippen molar-refractivity contribution in [2.45, 2.75) is 6.42 Å². The normalized spacial score (nSPS) is 14.3. The zero-order valence-corrected chi connectivity index (χ0v) is 12.8. The van der Waals surface area contributed by atoms with Crippen LogP contribution in [-0.2, 0) is 11.2 Å². The second-order valence-electron chi connectivity index (χ2n) is 5.70. The average molecular weight is 314 g/mol. The number of benzene rings is 3. The average Bonchev–Trinajstić information content (AvgIpc) is 2.88. The van der Waals surface area contributed by atoms with E-state index in [1.54, 1.807) is 6.07 Å². The molecule has 0 radical (unpaired) electrons. The molecule has 3 aromatic carbocycles. The highest BCUT2D eigenvalue weighted by Crippen LogP contribution is 2.30. The van der Waals surface area contributed by atoms with E-state index in [0.717, 1.165) is 21.9 Å². The molecule has 0 atom stereocenters. The molecule has 0 aromatic heterocycles. The summed E-state index contributed by atoms with van der Waals surface area (Å²) in [6.07, 6.45) is 0.225. The molecule has 0 unspecified atom stereocenters. The van der Waals surface area contributed by atoms with Gasteiger partial charge in [0, 0.05) is 16.5 Å². The molecule has 0 fully saturated rings. The quantitative estimate of drug-likeness (QED) is 0.755. The van der Waals surface area contributed by atoms with Crippen molar-refractivity contribution in [2.24, 2.45) is 5.10 Å². The molecular formula is C20H14N2O2. The van der Waals surface area contributed by atoms with Gasteiger partial charge in [-0.1, -0.05) is 66.7 Å². The van der Waals surface area contributed by atoms with Crippen LogP contribution in [0.3, 0.4) is 0 Å². The lowest BCUT2D eigenvalue weighted by Crippen LogP contribution is -2.23. The van der Waals surface area contributed by atoms with Crippen LogP contribution in [0, 0.1) is 0 Å². The third-order valence-corrected chi connectivity index (χ3v) is 4.12. The van der Waals surface area contributed by atoms with E-state index in [4.69, 9.17) is 0 Å². The lowest BCUT2D eigenvalue weighted by atomic mass is 10.1. The minimum absolute atomic E-state index is 0.151. The Morgan fingerprint density at radius 3 is 2.33 bits per heavy atom. The monoisotopic (exact) mass is 314 g/mol. The smallest absolute Gasteiger partial charge is 0.244 e. The number of carbonyl (C=O) groups is 2. The van der Waals surface area contributed by atoms with E-state index in [1.165, 1.54) is 0 Å². The highest BCUT2D eigenvalue weighted by molar-refractivity contribution is 6.59. The van der Waals surface area contributed by atoms with Crippen LogP contribution in [0.4, 0.5) is 0 Å². The molecule has 0 heterocycles. The molecule has 0 bridgehead atoms. The maximum absolute atomic E-state index is 12.6. The number of amides is 1. The number of rotatable bonds is 3. The molecule has 0 saturated heterocycles. The zero-order chi connectivity index (χ0) is 16.5.